The Bertz CT molecular complexity index is 1100. The normalized spacial score (nSPS) is 14.4. The van der Waals surface area contributed by atoms with E-state index >= 15 is 0 Å². The van der Waals surface area contributed by atoms with Gasteiger partial charge in [-0.05, 0) is 61.5 Å². The second-order valence-corrected chi connectivity index (χ2v) is 7.81. The minimum atomic E-state index is -0.523. The lowest BCUT2D eigenvalue weighted by atomic mass is 10.2. The molecule has 0 aliphatic carbocycles. The van der Waals surface area contributed by atoms with E-state index in [0.717, 1.165) is 22.2 Å². The lowest BCUT2D eigenvalue weighted by Gasteiger charge is -2.12. The van der Waals surface area contributed by atoms with E-state index in [2.05, 4.69) is 11.2 Å². The molecule has 2 aromatic carbocycles. The van der Waals surface area contributed by atoms with Crippen molar-refractivity contribution in [3.05, 3.63) is 58.5 Å². The minimum Gasteiger partial charge on any atom is -0.490 e. The van der Waals surface area contributed by atoms with Gasteiger partial charge in [0, 0.05) is 5.69 Å². The molecule has 0 saturated carbocycles. The quantitative estimate of drug-likeness (QED) is 0.482. The van der Waals surface area contributed by atoms with Crippen LogP contribution in [0.25, 0.3) is 6.08 Å². The van der Waals surface area contributed by atoms with Gasteiger partial charge in [-0.1, -0.05) is 29.7 Å². The van der Waals surface area contributed by atoms with Gasteiger partial charge in [-0.25, -0.2) is 0 Å². The Morgan fingerprint density at radius 3 is 2.59 bits per heavy atom. The number of nitrogens with zero attached hydrogens (tertiary/aromatic N) is 1. The molecule has 7 nitrogen and oxygen atoms in total. The zero-order valence-electron chi connectivity index (χ0n) is 17.7. The molecule has 1 fully saturated rings. The van der Waals surface area contributed by atoms with E-state index in [0.29, 0.717) is 29.4 Å². The number of ether oxygens (including phenoxy) is 2. The number of rotatable bonds is 8. The van der Waals surface area contributed by atoms with Gasteiger partial charge in [0.05, 0.1) is 11.5 Å². The van der Waals surface area contributed by atoms with Crippen molar-refractivity contribution in [2.45, 2.75) is 13.8 Å². The van der Waals surface area contributed by atoms with E-state index in [1.807, 2.05) is 26.0 Å². The number of nitrogens with one attached hydrogen (secondary N) is 1. The van der Waals surface area contributed by atoms with Crippen molar-refractivity contribution in [1.29, 1.82) is 0 Å². The Hall–Kier alpha value is -3.70. The van der Waals surface area contributed by atoms with Crippen molar-refractivity contribution >= 4 is 40.6 Å². The number of thioether (sulfide) groups is 1. The molecule has 32 heavy (non-hydrogen) atoms. The number of imide groups is 1. The average molecular weight is 451 g/mol. The molecule has 0 spiro atoms. The number of benzene rings is 2. The van der Waals surface area contributed by atoms with Crippen molar-refractivity contribution in [2.24, 2.45) is 0 Å². The summed E-state index contributed by atoms with van der Waals surface area (Å²) in [6.07, 6.45) is 6.81. The second-order valence-electron chi connectivity index (χ2n) is 6.81. The predicted molar refractivity (Wildman–Crippen MR) is 124 cm³/mol. The molecule has 1 aliphatic rings. The molecule has 0 unspecified atom stereocenters. The van der Waals surface area contributed by atoms with Crippen LogP contribution >= 0.6 is 11.8 Å². The van der Waals surface area contributed by atoms with Gasteiger partial charge in [0.25, 0.3) is 11.1 Å². The highest BCUT2D eigenvalue weighted by atomic mass is 32.2. The van der Waals surface area contributed by atoms with Crippen molar-refractivity contribution < 1.29 is 23.9 Å². The van der Waals surface area contributed by atoms with Gasteiger partial charge >= 0.3 is 0 Å². The molecule has 3 rings (SSSR count). The average Bonchev–Trinajstić information content (AvgIpc) is 3.02. The molecule has 0 radical (unpaired) electrons. The van der Waals surface area contributed by atoms with E-state index in [-0.39, 0.29) is 18.1 Å². The summed E-state index contributed by atoms with van der Waals surface area (Å²) in [6.45, 7) is 3.93. The summed E-state index contributed by atoms with van der Waals surface area (Å²) in [7, 11) is 0. The molecule has 2 aromatic rings. The number of carbonyl (C=O) groups excluding carboxylic acids is 3. The Morgan fingerprint density at radius 1 is 1.16 bits per heavy atom. The first-order chi connectivity index (χ1) is 15.4. The molecule has 0 bridgehead atoms. The van der Waals surface area contributed by atoms with Crippen LogP contribution in [-0.2, 0) is 9.59 Å². The molecule has 0 atom stereocenters. The largest absolute Gasteiger partial charge is 0.490 e. The first kappa shape index (κ1) is 23.0. The molecular formula is C24H22N2O5S. The molecule has 1 N–H and O–H groups in total. The molecule has 3 amide bonds. The van der Waals surface area contributed by atoms with Crippen molar-refractivity contribution in [1.82, 2.24) is 4.90 Å². The summed E-state index contributed by atoms with van der Waals surface area (Å²) in [6, 6.07) is 12.4. The lowest BCUT2D eigenvalue weighted by Crippen LogP contribution is -2.36. The van der Waals surface area contributed by atoms with E-state index in [1.165, 1.54) is 0 Å². The first-order valence-electron chi connectivity index (χ1n) is 9.86. The maximum absolute atomic E-state index is 12.7. The minimum absolute atomic E-state index is 0.100. The third kappa shape index (κ3) is 5.71. The predicted octanol–water partition coefficient (Wildman–Crippen LogP) is 4.08. The number of hydrogen-bond donors (Lipinski definition) is 1. The highest BCUT2D eigenvalue weighted by Gasteiger charge is 2.36. The van der Waals surface area contributed by atoms with Gasteiger partial charge in [-0.2, -0.15) is 0 Å². The zero-order chi connectivity index (χ0) is 23.1. The fourth-order valence-electron chi connectivity index (χ4n) is 2.89. The van der Waals surface area contributed by atoms with Crippen molar-refractivity contribution in [3.63, 3.8) is 0 Å². The topological polar surface area (TPSA) is 84.9 Å². The highest BCUT2D eigenvalue weighted by molar-refractivity contribution is 8.18. The van der Waals surface area contributed by atoms with Gasteiger partial charge in [-0.3, -0.25) is 19.3 Å². The van der Waals surface area contributed by atoms with Gasteiger partial charge < -0.3 is 14.8 Å². The molecule has 0 aromatic heterocycles. The number of aryl methyl sites for hydroxylation is 1. The highest BCUT2D eigenvalue weighted by Crippen LogP contribution is 2.34. The SMILES string of the molecule is C#CCOc1ccc(C=C2SC(=O)N(CC(=O)Nc3ccc(C)cc3)C2=O)cc1OCC. The molecule has 1 aliphatic heterocycles. The van der Waals surface area contributed by atoms with Crippen LogP contribution in [0.4, 0.5) is 10.5 Å². The molecule has 1 saturated heterocycles. The fraction of sp³-hybridized carbons (Fsp3) is 0.208. The summed E-state index contributed by atoms with van der Waals surface area (Å²) in [5.74, 6) is 2.39. The summed E-state index contributed by atoms with van der Waals surface area (Å²) in [4.78, 5) is 38.5. The number of anilines is 1. The lowest BCUT2D eigenvalue weighted by molar-refractivity contribution is -0.127. The van der Waals surface area contributed by atoms with Crippen molar-refractivity contribution in [3.8, 4) is 23.8 Å². The van der Waals surface area contributed by atoms with Crippen LogP contribution < -0.4 is 14.8 Å². The maximum atomic E-state index is 12.7. The summed E-state index contributed by atoms with van der Waals surface area (Å²) < 4.78 is 11.0. The zero-order valence-corrected chi connectivity index (χ0v) is 18.5. The van der Waals surface area contributed by atoms with E-state index < -0.39 is 17.1 Å². The first-order valence-corrected chi connectivity index (χ1v) is 10.7. The van der Waals surface area contributed by atoms with Crippen molar-refractivity contribution in [2.75, 3.05) is 25.1 Å². The third-order valence-corrected chi connectivity index (χ3v) is 5.29. The maximum Gasteiger partial charge on any atom is 0.294 e. The number of carbonyl (C=O) groups is 3. The van der Waals surface area contributed by atoms with Crippen LogP contribution in [0.3, 0.4) is 0 Å². The summed E-state index contributed by atoms with van der Waals surface area (Å²) in [5, 5.41) is 2.19. The molecular weight excluding hydrogens is 428 g/mol. The van der Waals surface area contributed by atoms with Crippen LogP contribution in [0.5, 0.6) is 11.5 Å². The number of amides is 3. The van der Waals surface area contributed by atoms with Crippen LogP contribution in [0.15, 0.2) is 47.4 Å². The Morgan fingerprint density at radius 2 is 1.91 bits per heavy atom. The molecule has 8 heteroatoms. The van der Waals surface area contributed by atoms with Crippen LogP contribution in [-0.4, -0.2) is 41.7 Å². The standard InChI is InChI=1S/C24H22N2O5S/c1-4-12-31-19-11-8-17(13-20(19)30-5-2)14-21-23(28)26(24(29)32-21)15-22(27)25-18-9-6-16(3)7-10-18/h1,6-11,13-14H,5,12,15H2,2-3H3,(H,25,27). The second kappa shape index (κ2) is 10.6. The monoisotopic (exact) mass is 450 g/mol. The van der Waals surface area contributed by atoms with Crippen LogP contribution in [0.1, 0.15) is 18.1 Å². The van der Waals surface area contributed by atoms with Gasteiger partial charge in [-0.15, -0.1) is 6.42 Å². The summed E-state index contributed by atoms with van der Waals surface area (Å²) >= 11 is 0.784. The van der Waals surface area contributed by atoms with E-state index in [1.54, 1.807) is 36.4 Å². The van der Waals surface area contributed by atoms with E-state index in [9.17, 15) is 14.4 Å². The smallest absolute Gasteiger partial charge is 0.294 e. The Kier molecular flexibility index (Phi) is 7.58. The fourth-order valence-corrected chi connectivity index (χ4v) is 3.73. The van der Waals surface area contributed by atoms with Crippen LogP contribution in [0.2, 0.25) is 0 Å². The third-order valence-electron chi connectivity index (χ3n) is 4.39. The Labute approximate surface area is 190 Å². The Balaban J connectivity index is 1.71. The van der Waals surface area contributed by atoms with Crippen LogP contribution in [0, 0.1) is 19.3 Å². The van der Waals surface area contributed by atoms with Gasteiger partial charge in [0.1, 0.15) is 13.2 Å². The molecule has 1 heterocycles. The number of hydrogen-bond acceptors (Lipinski definition) is 6. The van der Waals surface area contributed by atoms with Gasteiger partial charge in [0.2, 0.25) is 5.91 Å². The number of terminal acetylenes is 1. The summed E-state index contributed by atoms with van der Waals surface area (Å²) in [5.41, 5.74) is 2.30. The molecule has 164 valence electrons. The van der Waals surface area contributed by atoms with E-state index in [4.69, 9.17) is 15.9 Å². The van der Waals surface area contributed by atoms with Gasteiger partial charge in [0.15, 0.2) is 11.5 Å².